The van der Waals surface area contributed by atoms with E-state index in [0.717, 1.165) is 0 Å². The van der Waals surface area contributed by atoms with Gasteiger partial charge in [0.15, 0.2) is 5.96 Å². The van der Waals surface area contributed by atoms with Crippen LogP contribution in [0.1, 0.15) is 6.92 Å². The van der Waals surface area contributed by atoms with Crippen LogP contribution >= 0.6 is 0 Å². The maximum atomic E-state index is 6.98. The minimum Gasteiger partial charge on any atom is -0.380 e. The monoisotopic (exact) mass is 145 g/mol. The van der Waals surface area contributed by atoms with Gasteiger partial charge in [-0.2, -0.15) is 0 Å². The third-order valence-electron chi connectivity index (χ3n) is 1.19. The van der Waals surface area contributed by atoms with Crippen molar-refractivity contribution in [1.29, 1.82) is 5.41 Å². The van der Waals surface area contributed by atoms with E-state index in [2.05, 4.69) is 0 Å². The van der Waals surface area contributed by atoms with Crippen molar-refractivity contribution in [3.63, 3.8) is 0 Å². The molecule has 0 saturated carbocycles. The first-order valence-corrected chi connectivity index (χ1v) is 3.31. The van der Waals surface area contributed by atoms with E-state index < -0.39 is 0 Å². The number of likely N-dealkylation sites (N-methyl/N-ethyl adjacent to an activating group) is 1. The quantitative estimate of drug-likeness (QED) is 0.328. The molecule has 0 aliphatic rings. The number of nitrogens with zero attached hydrogens (tertiary/aromatic N) is 1. The van der Waals surface area contributed by atoms with E-state index in [1.807, 2.05) is 6.92 Å². The maximum absolute atomic E-state index is 6.98. The van der Waals surface area contributed by atoms with Crippen molar-refractivity contribution in [3.05, 3.63) is 0 Å². The molecule has 0 amide bonds. The van der Waals surface area contributed by atoms with Crippen molar-refractivity contribution in [3.8, 4) is 0 Å². The van der Waals surface area contributed by atoms with Crippen LogP contribution in [0.25, 0.3) is 0 Å². The second-order valence-electron chi connectivity index (χ2n) is 2.00. The molecule has 0 aromatic heterocycles. The highest BCUT2D eigenvalue weighted by atomic mass is 16.5. The molecule has 0 saturated heterocycles. The Morgan fingerprint density at radius 3 is 2.70 bits per heavy atom. The van der Waals surface area contributed by atoms with Crippen molar-refractivity contribution in [2.75, 3.05) is 26.8 Å². The molecule has 0 fully saturated rings. The van der Waals surface area contributed by atoms with Crippen LogP contribution < -0.4 is 5.73 Å². The summed E-state index contributed by atoms with van der Waals surface area (Å²) < 4.78 is 5.06. The number of nitrogens with two attached hydrogens (primary N) is 1. The summed E-state index contributed by atoms with van der Waals surface area (Å²) in [6.07, 6.45) is 0. The van der Waals surface area contributed by atoms with Gasteiger partial charge >= 0.3 is 0 Å². The van der Waals surface area contributed by atoms with E-state index in [1.54, 1.807) is 11.9 Å². The summed E-state index contributed by atoms with van der Waals surface area (Å²) in [7, 11) is 1.77. The molecule has 0 bridgehead atoms. The Balaban J connectivity index is 3.21. The Hall–Kier alpha value is -0.770. The van der Waals surface area contributed by atoms with Crippen LogP contribution in [0.5, 0.6) is 0 Å². The van der Waals surface area contributed by atoms with Gasteiger partial charge in [-0.15, -0.1) is 0 Å². The summed E-state index contributed by atoms with van der Waals surface area (Å²) in [5.41, 5.74) is 5.17. The number of guanidine groups is 1. The van der Waals surface area contributed by atoms with E-state index in [4.69, 9.17) is 15.9 Å². The van der Waals surface area contributed by atoms with Gasteiger partial charge in [-0.3, -0.25) is 5.41 Å². The summed E-state index contributed by atoms with van der Waals surface area (Å²) in [5.74, 6) is 0.0831. The lowest BCUT2D eigenvalue weighted by atomic mass is 10.6. The molecular formula is C6H15N3O. The molecule has 0 atom stereocenters. The van der Waals surface area contributed by atoms with Gasteiger partial charge in [0.05, 0.1) is 6.61 Å². The van der Waals surface area contributed by atoms with Crippen LogP contribution in [0, 0.1) is 5.41 Å². The highest BCUT2D eigenvalue weighted by Crippen LogP contribution is 1.80. The van der Waals surface area contributed by atoms with Gasteiger partial charge in [-0.05, 0) is 6.92 Å². The highest BCUT2D eigenvalue weighted by Gasteiger charge is 1.96. The van der Waals surface area contributed by atoms with Gasteiger partial charge in [0, 0.05) is 20.2 Å². The number of rotatable bonds is 4. The summed E-state index contributed by atoms with van der Waals surface area (Å²) in [6, 6.07) is 0. The predicted octanol–water partition coefficient (Wildman–Crippen LogP) is -0.152. The fourth-order valence-corrected chi connectivity index (χ4v) is 0.466. The smallest absolute Gasteiger partial charge is 0.188 e. The van der Waals surface area contributed by atoms with Crippen molar-refractivity contribution in [1.82, 2.24) is 4.90 Å². The standard InChI is InChI=1S/C6H15N3O/c1-3-10-5-4-9(2)6(7)8/h3-5H2,1-2H3,(H3,7,8). The normalized spacial score (nSPS) is 9.40. The minimum atomic E-state index is 0.0831. The molecule has 4 nitrogen and oxygen atoms in total. The topological polar surface area (TPSA) is 62.3 Å². The van der Waals surface area contributed by atoms with Crippen LogP contribution in [-0.2, 0) is 4.74 Å². The first-order valence-electron chi connectivity index (χ1n) is 3.31. The number of ether oxygens (including phenoxy) is 1. The van der Waals surface area contributed by atoms with Gasteiger partial charge < -0.3 is 15.4 Å². The van der Waals surface area contributed by atoms with E-state index in [9.17, 15) is 0 Å². The second-order valence-corrected chi connectivity index (χ2v) is 2.00. The van der Waals surface area contributed by atoms with Crippen LogP contribution in [0.2, 0.25) is 0 Å². The third kappa shape index (κ3) is 4.14. The Labute approximate surface area is 61.5 Å². The lowest BCUT2D eigenvalue weighted by Gasteiger charge is -2.15. The third-order valence-corrected chi connectivity index (χ3v) is 1.19. The fraction of sp³-hybridized carbons (Fsp3) is 0.833. The van der Waals surface area contributed by atoms with Crippen molar-refractivity contribution in [2.45, 2.75) is 6.92 Å². The summed E-state index contributed by atoms with van der Waals surface area (Å²) in [6.45, 7) is 3.97. The number of hydrogen-bond acceptors (Lipinski definition) is 2. The average Bonchev–Trinajstić information content (AvgIpc) is 1.88. The van der Waals surface area contributed by atoms with Crippen LogP contribution in [0.15, 0.2) is 0 Å². The summed E-state index contributed by atoms with van der Waals surface area (Å²) in [5, 5.41) is 6.98. The molecule has 0 rings (SSSR count). The largest absolute Gasteiger partial charge is 0.380 e. The molecule has 0 aliphatic heterocycles. The molecule has 0 aromatic carbocycles. The van der Waals surface area contributed by atoms with Gasteiger partial charge in [-0.1, -0.05) is 0 Å². The zero-order valence-corrected chi connectivity index (χ0v) is 6.55. The lowest BCUT2D eigenvalue weighted by Crippen LogP contribution is -2.35. The molecule has 10 heavy (non-hydrogen) atoms. The van der Waals surface area contributed by atoms with Crippen LogP contribution in [0.4, 0.5) is 0 Å². The molecule has 0 spiro atoms. The fourth-order valence-electron chi connectivity index (χ4n) is 0.466. The molecule has 0 heterocycles. The summed E-state index contributed by atoms with van der Waals surface area (Å²) >= 11 is 0. The van der Waals surface area contributed by atoms with Crippen molar-refractivity contribution >= 4 is 5.96 Å². The Kier molecular flexibility index (Phi) is 4.66. The van der Waals surface area contributed by atoms with E-state index in [1.165, 1.54) is 0 Å². The molecular weight excluding hydrogens is 130 g/mol. The van der Waals surface area contributed by atoms with Crippen molar-refractivity contribution in [2.24, 2.45) is 5.73 Å². The molecule has 4 heteroatoms. The van der Waals surface area contributed by atoms with Crippen LogP contribution in [-0.4, -0.2) is 37.7 Å². The zero-order valence-electron chi connectivity index (χ0n) is 6.55. The van der Waals surface area contributed by atoms with Crippen LogP contribution in [0.3, 0.4) is 0 Å². The zero-order chi connectivity index (χ0) is 7.98. The van der Waals surface area contributed by atoms with Gasteiger partial charge in [0.25, 0.3) is 0 Å². The highest BCUT2D eigenvalue weighted by molar-refractivity contribution is 5.74. The van der Waals surface area contributed by atoms with E-state index in [0.29, 0.717) is 19.8 Å². The second kappa shape index (κ2) is 5.05. The first-order chi connectivity index (χ1) is 4.68. The van der Waals surface area contributed by atoms with Gasteiger partial charge in [0.2, 0.25) is 0 Å². The van der Waals surface area contributed by atoms with Gasteiger partial charge in [0.1, 0.15) is 0 Å². The SMILES string of the molecule is CCOCCN(C)C(=N)N. The molecule has 0 unspecified atom stereocenters. The summed E-state index contributed by atoms with van der Waals surface area (Å²) in [4.78, 5) is 1.63. The molecule has 60 valence electrons. The molecule has 0 aromatic rings. The van der Waals surface area contributed by atoms with Gasteiger partial charge in [-0.25, -0.2) is 0 Å². The average molecular weight is 145 g/mol. The molecule has 0 radical (unpaired) electrons. The Morgan fingerprint density at radius 1 is 1.70 bits per heavy atom. The maximum Gasteiger partial charge on any atom is 0.188 e. The van der Waals surface area contributed by atoms with E-state index in [-0.39, 0.29) is 5.96 Å². The number of hydrogen-bond donors (Lipinski definition) is 2. The van der Waals surface area contributed by atoms with E-state index >= 15 is 0 Å². The Bertz CT molecular complexity index is 105. The predicted molar refractivity (Wildman–Crippen MR) is 41.0 cm³/mol. The first kappa shape index (κ1) is 9.23. The minimum absolute atomic E-state index is 0.0831. The number of nitrogens with one attached hydrogen (secondary N) is 1. The molecule has 0 aliphatic carbocycles. The van der Waals surface area contributed by atoms with Crippen molar-refractivity contribution < 1.29 is 4.74 Å². The lowest BCUT2D eigenvalue weighted by molar-refractivity contribution is 0.136. The Morgan fingerprint density at radius 2 is 2.30 bits per heavy atom. The molecule has 3 N–H and O–H groups in total.